The van der Waals surface area contributed by atoms with Gasteiger partial charge in [0.25, 0.3) is 0 Å². The molecule has 0 aliphatic rings. The molecule has 23 heavy (non-hydrogen) atoms. The van der Waals surface area contributed by atoms with E-state index in [1.807, 2.05) is 0 Å². The van der Waals surface area contributed by atoms with Crippen LogP contribution in [-0.4, -0.2) is 36.4 Å². The van der Waals surface area contributed by atoms with E-state index in [4.69, 9.17) is 14.6 Å². The van der Waals surface area contributed by atoms with Gasteiger partial charge in [0.1, 0.15) is 12.7 Å². The molecule has 0 aliphatic carbocycles. The molecule has 1 atom stereocenters. The van der Waals surface area contributed by atoms with Gasteiger partial charge < -0.3 is 14.6 Å². The van der Waals surface area contributed by atoms with Crippen molar-refractivity contribution in [2.24, 2.45) is 0 Å². The molecule has 0 spiro atoms. The molecule has 0 amide bonds. The second kappa shape index (κ2) is 8.70. The van der Waals surface area contributed by atoms with E-state index < -0.39 is 18.0 Å². The van der Waals surface area contributed by atoms with Crippen molar-refractivity contribution in [3.8, 4) is 0 Å². The molecule has 1 N–H and O–H groups in total. The second-order valence-corrected chi connectivity index (χ2v) is 4.87. The Labute approximate surface area is 134 Å². The van der Waals surface area contributed by atoms with Crippen LogP contribution >= 0.6 is 0 Å². The van der Waals surface area contributed by atoms with Crippen LogP contribution in [0.1, 0.15) is 27.1 Å². The summed E-state index contributed by atoms with van der Waals surface area (Å²) < 4.78 is 10.4. The van der Waals surface area contributed by atoms with Gasteiger partial charge in [-0.3, -0.25) is 0 Å². The van der Waals surface area contributed by atoms with Crippen LogP contribution < -0.4 is 0 Å². The van der Waals surface area contributed by atoms with Crippen molar-refractivity contribution in [3.63, 3.8) is 0 Å². The number of carbonyl (C=O) groups excluding carboxylic acids is 2. The monoisotopic (exact) mass is 314 g/mol. The molecule has 0 saturated carbocycles. The molecule has 0 aliphatic heterocycles. The van der Waals surface area contributed by atoms with Crippen LogP contribution in [0.5, 0.6) is 0 Å². The molecule has 0 saturated heterocycles. The molecule has 2 rings (SSSR count). The van der Waals surface area contributed by atoms with Crippen LogP contribution in [0.15, 0.2) is 60.7 Å². The second-order valence-electron chi connectivity index (χ2n) is 4.87. The fourth-order valence-corrected chi connectivity index (χ4v) is 1.94. The summed E-state index contributed by atoms with van der Waals surface area (Å²) in [6, 6.07) is 17.1. The minimum absolute atomic E-state index is 0.104. The summed E-state index contributed by atoms with van der Waals surface area (Å²) in [4.78, 5) is 23.9. The van der Waals surface area contributed by atoms with Gasteiger partial charge in [-0.1, -0.05) is 36.4 Å². The summed E-state index contributed by atoms with van der Waals surface area (Å²) in [5.41, 5.74) is 0.828. The number of hydrogen-bond donors (Lipinski definition) is 1. The molecule has 5 nitrogen and oxygen atoms in total. The first-order valence-electron chi connectivity index (χ1n) is 7.29. The summed E-state index contributed by atoms with van der Waals surface area (Å²) in [5.74, 6) is -1.01. The molecule has 0 bridgehead atoms. The standard InChI is InChI=1S/C18H18O5/c19-12-11-16(23-18(21)15-9-5-2-6-10-15)13-22-17(20)14-7-3-1-4-8-14/h1-10,16,19H,11-13H2/t16-/m0/s1. The van der Waals surface area contributed by atoms with E-state index in [1.165, 1.54) is 0 Å². The lowest BCUT2D eigenvalue weighted by Crippen LogP contribution is -2.26. The third kappa shape index (κ3) is 5.23. The zero-order valence-corrected chi connectivity index (χ0v) is 12.6. The van der Waals surface area contributed by atoms with Gasteiger partial charge in [-0.25, -0.2) is 9.59 Å². The van der Waals surface area contributed by atoms with E-state index >= 15 is 0 Å². The molecule has 0 unspecified atom stereocenters. The normalized spacial score (nSPS) is 11.5. The SMILES string of the molecule is O=C(OC[C@H](CCO)OC(=O)c1ccccc1)c1ccccc1. The van der Waals surface area contributed by atoms with E-state index in [2.05, 4.69) is 0 Å². The lowest BCUT2D eigenvalue weighted by atomic mass is 10.2. The first kappa shape index (κ1) is 16.7. The molecule has 0 fully saturated rings. The van der Waals surface area contributed by atoms with Crippen LogP contribution in [0.2, 0.25) is 0 Å². The Morgan fingerprint density at radius 2 is 1.39 bits per heavy atom. The van der Waals surface area contributed by atoms with Crippen LogP contribution in [-0.2, 0) is 9.47 Å². The molecule has 5 heteroatoms. The van der Waals surface area contributed by atoms with Crippen molar-refractivity contribution in [3.05, 3.63) is 71.8 Å². The molecule has 2 aromatic rings. The molecular weight excluding hydrogens is 296 g/mol. The van der Waals surface area contributed by atoms with Crippen LogP contribution in [0, 0.1) is 0 Å². The van der Waals surface area contributed by atoms with E-state index in [0.29, 0.717) is 11.1 Å². The minimum atomic E-state index is -0.694. The minimum Gasteiger partial charge on any atom is -0.458 e. The van der Waals surface area contributed by atoms with Gasteiger partial charge in [-0.15, -0.1) is 0 Å². The van der Waals surface area contributed by atoms with Gasteiger partial charge in [0, 0.05) is 13.0 Å². The number of ether oxygens (including phenoxy) is 2. The molecule has 120 valence electrons. The Bertz CT molecular complexity index is 624. The van der Waals surface area contributed by atoms with Crippen molar-refractivity contribution in [1.82, 2.24) is 0 Å². The van der Waals surface area contributed by atoms with Crippen molar-refractivity contribution in [2.45, 2.75) is 12.5 Å². The fraction of sp³-hybridized carbons (Fsp3) is 0.222. The predicted molar refractivity (Wildman–Crippen MR) is 84.1 cm³/mol. The lowest BCUT2D eigenvalue weighted by molar-refractivity contribution is -0.00681. The zero-order valence-electron chi connectivity index (χ0n) is 12.6. The summed E-state index contributed by atoms with van der Waals surface area (Å²) in [7, 11) is 0. The van der Waals surface area contributed by atoms with E-state index in [9.17, 15) is 9.59 Å². The highest BCUT2D eigenvalue weighted by Gasteiger charge is 2.18. The molecule has 0 heterocycles. The van der Waals surface area contributed by atoms with E-state index in [-0.39, 0.29) is 19.6 Å². The van der Waals surface area contributed by atoms with Crippen molar-refractivity contribution >= 4 is 11.9 Å². The number of carbonyl (C=O) groups is 2. The number of benzene rings is 2. The zero-order chi connectivity index (χ0) is 16.5. The maximum atomic E-state index is 12.0. The topological polar surface area (TPSA) is 72.8 Å². The highest BCUT2D eigenvalue weighted by molar-refractivity contribution is 5.90. The van der Waals surface area contributed by atoms with Crippen LogP contribution in [0.4, 0.5) is 0 Å². The summed E-state index contributed by atoms with van der Waals surface area (Å²) >= 11 is 0. The Morgan fingerprint density at radius 3 is 1.91 bits per heavy atom. The first-order chi connectivity index (χ1) is 11.2. The van der Waals surface area contributed by atoms with Crippen molar-refractivity contribution in [2.75, 3.05) is 13.2 Å². The molecule has 0 aromatic heterocycles. The van der Waals surface area contributed by atoms with Crippen molar-refractivity contribution in [1.29, 1.82) is 0 Å². The van der Waals surface area contributed by atoms with E-state index in [1.54, 1.807) is 60.7 Å². The third-order valence-electron chi connectivity index (χ3n) is 3.14. The number of hydrogen-bond acceptors (Lipinski definition) is 5. The largest absolute Gasteiger partial charge is 0.458 e. The Kier molecular flexibility index (Phi) is 6.32. The average molecular weight is 314 g/mol. The molecule has 0 radical (unpaired) electrons. The van der Waals surface area contributed by atoms with E-state index in [0.717, 1.165) is 0 Å². The maximum Gasteiger partial charge on any atom is 0.338 e. The smallest absolute Gasteiger partial charge is 0.338 e. The molecular formula is C18H18O5. The quantitative estimate of drug-likeness (QED) is 0.795. The molecule has 2 aromatic carbocycles. The first-order valence-corrected chi connectivity index (χ1v) is 7.29. The summed E-state index contributed by atoms with van der Waals surface area (Å²) in [6.45, 7) is -0.275. The van der Waals surface area contributed by atoms with Gasteiger partial charge in [0.15, 0.2) is 0 Å². The number of rotatable bonds is 7. The Morgan fingerprint density at radius 1 is 0.870 bits per heavy atom. The summed E-state index contributed by atoms with van der Waals surface area (Å²) in [5, 5.41) is 9.07. The van der Waals surface area contributed by atoms with Gasteiger partial charge >= 0.3 is 11.9 Å². The Balaban J connectivity index is 1.91. The van der Waals surface area contributed by atoms with Gasteiger partial charge in [0.2, 0.25) is 0 Å². The highest BCUT2D eigenvalue weighted by Crippen LogP contribution is 2.08. The van der Waals surface area contributed by atoms with Gasteiger partial charge in [-0.2, -0.15) is 0 Å². The van der Waals surface area contributed by atoms with Gasteiger partial charge in [0.05, 0.1) is 11.1 Å². The Hall–Kier alpha value is -2.66. The maximum absolute atomic E-state index is 12.0. The number of esters is 2. The summed E-state index contributed by atoms with van der Waals surface area (Å²) in [6.07, 6.45) is -0.499. The van der Waals surface area contributed by atoms with Crippen LogP contribution in [0.3, 0.4) is 0 Å². The van der Waals surface area contributed by atoms with Gasteiger partial charge in [-0.05, 0) is 24.3 Å². The fourth-order valence-electron chi connectivity index (χ4n) is 1.94. The third-order valence-corrected chi connectivity index (χ3v) is 3.14. The average Bonchev–Trinajstić information content (AvgIpc) is 2.61. The predicted octanol–water partition coefficient (Wildman–Crippen LogP) is 2.45. The highest BCUT2D eigenvalue weighted by atomic mass is 16.6. The number of aliphatic hydroxyl groups is 1. The van der Waals surface area contributed by atoms with Crippen molar-refractivity contribution < 1.29 is 24.2 Å². The van der Waals surface area contributed by atoms with Crippen LogP contribution in [0.25, 0.3) is 0 Å². The number of aliphatic hydroxyl groups excluding tert-OH is 1. The lowest BCUT2D eigenvalue weighted by Gasteiger charge is -2.17.